The Labute approximate surface area is 267 Å². The highest BCUT2D eigenvalue weighted by molar-refractivity contribution is 6.04. The predicted molar refractivity (Wildman–Crippen MR) is 166 cm³/mol. The van der Waals surface area contributed by atoms with E-state index in [-0.39, 0.29) is 42.9 Å². The van der Waals surface area contributed by atoms with Crippen molar-refractivity contribution in [2.45, 2.75) is 134 Å². The Morgan fingerprint density at radius 2 is 1.84 bits per heavy atom. The number of aliphatic hydroxyl groups excluding tert-OH is 1. The molecule has 256 valence electrons. The number of fused-ring (bicyclic) bond motifs is 10. The summed E-state index contributed by atoms with van der Waals surface area (Å²) in [6.45, 7) is 17.5. The van der Waals surface area contributed by atoms with E-state index in [1.807, 2.05) is 39.8 Å². The lowest BCUT2D eigenvalue weighted by molar-refractivity contribution is -0.296. The Balaban J connectivity index is 1.76. The number of amides is 1. The zero-order chi connectivity index (χ0) is 33.5. The number of nitrogens with zero attached hydrogens (tertiary/aromatic N) is 1. The molecule has 2 unspecified atom stereocenters. The molecule has 5 aliphatic rings. The molecule has 3 N–H and O–H groups in total. The Hall–Kier alpha value is -2.09. The molecule has 2 bridgehead atoms. The normalized spacial score (nSPS) is 46.7. The number of ketones is 1. The molecule has 45 heavy (non-hydrogen) atoms. The minimum atomic E-state index is -1.56. The molecule has 5 rings (SSSR count). The van der Waals surface area contributed by atoms with E-state index in [9.17, 15) is 19.5 Å². The number of Topliss-reactive ketones (excluding diaryl/α,β-unsaturated/α-hetero) is 1. The van der Waals surface area contributed by atoms with Crippen LogP contribution in [-0.4, -0.2) is 115 Å². The second-order valence-corrected chi connectivity index (χ2v) is 14.5. The Morgan fingerprint density at radius 3 is 2.47 bits per heavy atom. The molecule has 0 saturated carbocycles. The summed E-state index contributed by atoms with van der Waals surface area (Å²) in [6.07, 6.45) is -1.46. The topological polar surface area (TPSA) is 145 Å². The molecule has 1 amide bonds. The van der Waals surface area contributed by atoms with E-state index in [0.717, 1.165) is 0 Å². The van der Waals surface area contributed by atoms with Crippen LogP contribution >= 0.6 is 0 Å². The van der Waals surface area contributed by atoms with E-state index in [1.54, 1.807) is 26.8 Å². The van der Waals surface area contributed by atoms with Crippen LogP contribution in [0.1, 0.15) is 74.1 Å². The third-order valence-electron chi connectivity index (χ3n) is 10.7. The maximum Gasteiger partial charge on any atom is 0.408 e. The number of aliphatic hydroxyl groups is 1. The molecule has 5 aliphatic heterocycles. The lowest BCUT2D eigenvalue weighted by Crippen LogP contribution is -2.61. The van der Waals surface area contributed by atoms with Crippen molar-refractivity contribution in [3.63, 3.8) is 0 Å². The summed E-state index contributed by atoms with van der Waals surface area (Å²) >= 11 is 0. The fourth-order valence-corrected chi connectivity index (χ4v) is 7.88. The summed E-state index contributed by atoms with van der Waals surface area (Å²) in [5, 5.41) is 17.8. The molecule has 0 aromatic carbocycles. The van der Waals surface area contributed by atoms with E-state index in [4.69, 9.17) is 23.7 Å². The number of likely N-dealkylation sites (N-methyl/N-ethyl adjacent to an activating group) is 1. The molecule has 12 heteroatoms. The number of alkyl carbamates (subject to hydrolysis) is 1. The van der Waals surface area contributed by atoms with Crippen molar-refractivity contribution in [2.75, 3.05) is 27.2 Å². The molecule has 0 radical (unpaired) electrons. The van der Waals surface area contributed by atoms with Gasteiger partial charge in [0, 0.05) is 24.6 Å². The number of hydrogen-bond acceptors (Lipinski definition) is 11. The molecule has 12 nitrogen and oxygen atoms in total. The molecule has 5 saturated heterocycles. The van der Waals surface area contributed by atoms with Crippen molar-refractivity contribution >= 4 is 17.8 Å². The van der Waals surface area contributed by atoms with Crippen LogP contribution < -0.4 is 10.6 Å². The van der Waals surface area contributed by atoms with Crippen LogP contribution in [0.4, 0.5) is 4.79 Å². The molecule has 0 aliphatic carbocycles. The fraction of sp³-hybridized carbons (Fsp3) is 0.848. The van der Waals surface area contributed by atoms with Crippen molar-refractivity contribution in [3.8, 4) is 0 Å². The monoisotopic (exact) mass is 637 g/mol. The van der Waals surface area contributed by atoms with E-state index < -0.39 is 65.2 Å². The second-order valence-electron chi connectivity index (χ2n) is 14.5. The van der Waals surface area contributed by atoms with Gasteiger partial charge in [-0.3, -0.25) is 9.59 Å². The van der Waals surface area contributed by atoms with Gasteiger partial charge in [0.1, 0.15) is 17.6 Å². The quantitative estimate of drug-likeness (QED) is 0.232. The fourth-order valence-electron chi connectivity index (χ4n) is 7.88. The third kappa shape index (κ3) is 6.82. The number of rotatable bonds is 5. The summed E-state index contributed by atoms with van der Waals surface area (Å²) in [7, 11) is 3.78. The standard InChI is InChI=1S/C33H55N3O9/c1-11-21-15-22(36(9)10)24(37)28(42-21)44-27-19(4)26(38)31(6)13-14-41-32(27,7)16-18(3)17-34-20(5)25-33(8,45-30(40)35-25)23(12-2)43-29(31)39/h11,18-25,27-28,34,37H,1,12-17H2,2-10H3,(H,35,40)/t18-,19+,20-,21-,22?,23-,24?,25-,27-,28+,31+,32+,33-/m1/s1. The molecular formula is C33H55N3O9. The van der Waals surface area contributed by atoms with Crippen molar-refractivity contribution in [1.82, 2.24) is 15.5 Å². The minimum Gasteiger partial charge on any atom is -0.457 e. The van der Waals surface area contributed by atoms with Gasteiger partial charge in [0.2, 0.25) is 0 Å². The molecule has 5 heterocycles. The van der Waals surface area contributed by atoms with E-state index in [2.05, 4.69) is 24.1 Å². The number of carbonyl (C=O) groups excluding carboxylic acids is 3. The summed E-state index contributed by atoms with van der Waals surface area (Å²) < 4.78 is 31.4. The van der Waals surface area contributed by atoms with Gasteiger partial charge in [-0.2, -0.15) is 0 Å². The Bertz CT molecular complexity index is 1120. The number of nitrogens with one attached hydrogen (secondary N) is 2. The van der Waals surface area contributed by atoms with E-state index >= 15 is 0 Å². The van der Waals surface area contributed by atoms with Crippen LogP contribution in [0.5, 0.6) is 0 Å². The molecule has 13 atom stereocenters. The summed E-state index contributed by atoms with van der Waals surface area (Å²) in [6, 6.07) is -0.987. The number of hydrogen-bond donors (Lipinski definition) is 3. The highest BCUT2D eigenvalue weighted by Crippen LogP contribution is 2.43. The van der Waals surface area contributed by atoms with Crippen molar-refractivity contribution in [2.24, 2.45) is 17.3 Å². The van der Waals surface area contributed by atoms with Gasteiger partial charge in [0.25, 0.3) is 0 Å². The zero-order valence-electron chi connectivity index (χ0n) is 28.5. The van der Waals surface area contributed by atoms with Gasteiger partial charge in [-0.25, -0.2) is 4.79 Å². The predicted octanol–water partition coefficient (Wildman–Crippen LogP) is 2.56. The van der Waals surface area contributed by atoms with Crippen LogP contribution in [0.25, 0.3) is 0 Å². The van der Waals surface area contributed by atoms with Crippen LogP contribution in [-0.2, 0) is 33.3 Å². The van der Waals surface area contributed by atoms with Crippen LogP contribution in [0.15, 0.2) is 12.7 Å². The van der Waals surface area contributed by atoms with Gasteiger partial charge < -0.3 is 44.3 Å². The first-order valence-electron chi connectivity index (χ1n) is 16.4. The van der Waals surface area contributed by atoms with Gasteiger partial charge in [0.05, 0.1) is 23.9 Å². The summed E-state index contributed by atoms with van der Waals surface area (Å²) in [5.74, 6) is -1.83. The van der Waals surface area contributed by atoms with Crippen LogP contribution in [0.2, 0.25) is 0 Å². The van der Waals surface area contributed by atoms with Crippen molar-refractivity contribution < 1.29 is 43.2 Å². The third-order valence-corrected chi connectivity index (χ3v) is 10.7. The van der Waals surface area contributed by atoms with Gasteiger partial charge >= 0.3 is 12.1 Å². The lowest BCUT2D eigenvalue weighted by Gasteiger charge is -2.49. The Morgan fingerprint density at radius 1 is 1.16 bits per heavy atom. The first-order chi connectivity index (χ1) is 21.0. The second kappa shape index (κ2) is 13.6. The smallest absolute Gasteiger partial charge is 0.408 e. The average molecular weight is 638 g/mol. The number of esters is 1. The summed E-state index contributed by atoms with van der Waals surface area (Å²) in [4.78, 5) is 43.0. The van der Waals surface area contributed by atoms with E-state index in [1.165, 1.54) is 0 Å². The zero-order valence-corrected chi connectivity index (χ0v) is 28.5. The molecular weight excluding hydrogens is 582 g/mol. The SMILES string of the molecule is C=C[C@@H]1CC(N(C)C)C(O)[C@H](O[C@@H]2[C@@H](C)C(=O)[C@]3(C)CCO[C@@]2(C)C[C@@H](C)CN[C@H](C)[C@H]2NC(=O)O[C@]2(C)[C@@H](CC)OC3=O)O1. The summed E-state index contributed by atoms with van der Waals surface area (Å²) in [5.41, 5.74) is -3.70. The highest BCUT2D eigenvalue weighted by Gasteiger charge is 2.58. The first-order valence-corrected chi connectivity index (χ1v) is 16.4. The molecule has 0 spiro atoms. The van der Waals surface area contributed by atoms with Gasteiger partial charge in [-0.1, -0.05) is 26.8 Å². The maximum atomic E-state index is 14.5. The number of ether oxygens (including phenoxy) is 5. The van der Waals surface area contributed by atoms with Gasteiger partial charge in [-0.15, -0.1) is 6.58 Å². The number of carbonyl (C=O) groups is 3. The van der Waals surface area contributed by atoms with Crippen molar-refractivity contribution in [3.05, 3.63) is 12.7 Å². The maximum absolute atomic E-state index is 14.5. The largest absolute Gasteiger partial charge is 0.457 e. The van der Waals surface area contributed by atoms with Crippen molar-refractivity contribution in [1.29, 1.82) is 0 Å². The minimum absolute atomic E-state index is 0.0403. The molecule has 0 aromatic heterocycles. The van der Waals surface area contributed by atoms with Crippen LogP contribution in [0.3, 0.4) is 0 Å². The molecule has 5 fully saturated rings. The Kier molecular flexibility index (Phi) is 10.8. The highest BCUT2D eigenvalue weighted by atomic mass is 16.7. The lowest BCUT2D eigenvalue weighted by atomic mass is 9.70. The van der Waals surface area contributed by atoms with Crippen LogP contribution in [0, 0.1) is 17.3 Å². The van der Waals surface area contributed by atoms with Gasteiger partial charge in [-0.05, 0) is 79.9 Å². The molecule has 0 aromatic rings. The van der Waals surface area contributed by atoms with E-state index in [0.29, 0.717) is 25.8 Å². The first kappa shape index (κ1) is 35.8. The van der Waals surface area contributed by atoms with Gasteiger partial charge in [0.15, 0.2) is 17.7 Å². The average Bonchev–Trinajstić information content (AvgIpc) is 3.30.